The molecule has 0 unspecified atom stereocenters. The predicted molar refractivity (Wildman–Crippen MR) is 88.3 cm³/mol. The van der Waals surface area contributed by atoms with E-state index in [1.807, 2.05) is 12.1 Å². The van der Waals surface area contributed by atoms with Gasteiger partial charge in [0.05, 0.1) is 6.04 Å². The van der Waals surface area contributed by atoms with Gasteiger partial charge in [0.2, 0.25) is 5.91 Å². The van der Waals surface area contributed by atoms with Crippen LogP contribution in [0.3, 0.4) is 0 Å². The summed E-state index contributed by atoms with van der Waals surface area (Å²) in [7, 11) is 0. The standard InChI is InChI=1S/C19H22N2O/c20-17(22)11-12-19(13-14-19)21-18(15-7-3-1-4-8-15)16-9-5-2-6-10-16/h1-10,18,21H,11-14H2,(H2,20,22). The van der Waals surface area contributed by atoms with Crippen molar-refractivity contribution in [2.24, 2.45) is 5.73 Å². The lowest BCUT2D eigenvalue weighted by atomic mass is 9.96. The molecule has 0 heterocycles. The molecule has 3 rings (SSSR count). The minimum absolute atomic E-state index is 0.0609. The molecular weight excluding hydrogens is 272 g/mol. The van der Waals surface area contributed by atoms with Crippen LogP contribution in [0.4, 0.5) is 0 Å². The van der Waals surface area contributed by atoms with E-state index in [4.69, 9.17) is 5.73 Å². The van der Waals surface area contributed by atoms with Gasteiger partial charge in [-0.3, -0.25) is 4.79 Å². The van der Waals surface area contributed by atoms with Crippen LogP contribution in [0.25, 0.3) is 0 Å². The highest BCUT2D eigenvalue weighted by atomic mass is 16.1. The van der Waals surface area contributed by atoms with E-state index in [-0.39, 0.29) is 17.5 Å². The van der Waals surface area contributed by atoms with Gasteiger partial charge in [0, 0.05) is 12.0 Å². The monoisotopic (exact) mass is 294 g/mol. The lowest BCUT2D eigenvalue weighted by molar-refractivity contribution is -0.118. The molecule has 0 spiro atoms. The molecule has 3 N–H and O–H groups in total. The molecule has 114 valence electrons. The number of benzene rings is 2. The Hall–Kier alpha value is -2.13. The molecular formula is C19H22N2O. The van der Waals surface area contributed by atoms with Crippen LogP contribution in [0.15, 0.2) is 60.7 Å². The zero-order valence-electron chi connectivity index (χ0n) is 12.7. The van der Waals surface area contributed by atoms with Crippen LogP contribution >= 0.6 is 0 Å². The van der Waals surface area contributed by atoms with Crippen LogP contribution in [-0.2, 0) is 4.79 Å². The van der Waals surface area contributed by atoms with Crippen LogP contribution in [0, 0.1) is 0 Å². The lowest BCUT2D eigenvalue weighted by Crippen LogP contribution is -2.36. The van der Waals surface area contributed by atoms with E-state index in [1.165, 1.54) is 11.1 Å². The van der Waals surface area contributed by atoms with E-state index in [9.17, 15) is 4.79 Å². The maximum atomic E-state index is 11.1. The van der Waals surface area contributed by atoms with Gasteiger partial charge in [0.15, 0.2) is 0 Å². The zero-order valence-corrected chi connectivity index (χ0v) is 12.7. The number of carbonyl (C=O) groups excluding carboxylic acids is 1. The van der Waals surface area contributed by atoms with E-state index in [2.05, 4.69) is 53.8 Å². The van der Waals surface area contributed by atoms with Crippen LogP contribution in [0.2, 0.25) is 0 Å². The molecule has 2 aromatic carbocycles. The van der Waals surface area contributed by atoms with E-state index < -0.39 is 0 Å². The van der Waals surface area contributed by atoms with Gasteiger partial charge in [-0.25, -0.2) is 0 Å². The molecule has 22 heavy (non-hydrogen) atoms. The summed E-state index contributed by atoms with van der Waals surface area (Å²) >= 11 is 0. The largest absolute Gasteiger partial charge is 0.370 e. The van der Waals surface area contributed by atoms with Crippen molar-refractivity contribution >= 4 is 5.91 Å². The van der Waals surface area contributed by atoms with Crippen LogP contribution in [-0.4, -0.2) is 11.4 Å². The van der Waals surface area contributed by atoms with Gasteiger partial charge in [-0.1, -0.05) is 60.7 Å². The zero-order chi connectivity index (χ0) is 15.4. The first kappa shape index (κ1) is 14.8. The van der Waals surface area contributed by atoms with E-state index in [0.717, 1.165) is 19.3 Å². The summed E-state index contributed by atoms with van der Waals surface area (Å²) in [5.41, 5.74) is 7.87. The second kappa shape index (κ2) is 6.32. The number of amides is 1. The average molecular weight is 294 g/mol. The third-order valence-electron chi connectivity index (χ3n) is 4.42. The second-order valence-electron chi connectivity index (χ2n) is 6.15. The summed E-state index contributed by atoms with van der Waals surface area (Å²) in [5.74, 6) is -0.218. The summed E-state index contributed by atoms with van der Waals surface area (Å²) in [4.78, 5) is 11.1. The molecule has 1 amide bonds. The van der Waals surface area contributed by atoms with Crippen LogP contribution in [0.5, 0.6) is 0 Å². The molecule has 1 fully saturated rings. The SMILES string of the molecule is NC(=O)CCC1(NC(c2ccccc2)c2ccccc2)CC1. The van der Waals surface area contributed by atoms with Gasteiger partial charge >= 0.3 is 0 Å². The smallest absolute Gasteiger partial charge is 0.217 e. The number of carbonyl (C=O) groups is 1. The number of primary amides is 1. The third kappa shape index (κ3) is 3.55. The number of rotatable bonds is 7. The Morgan fingerprint density at radius 3 is 1.91 bits per heavy atom. The molecule has 0 atom stereocenters. The maximum Gasteiger partial charge on any atom is 0.217 e. The number of nitrogens with two attached hydrogens (primary N) is 1. The highest BCUT2D eigenvalue weighted by Crippen LogP contribution is 2.42. The van der Waals surface area contributed by atoms with Gasteiger partial charge in [0.25, 0.3) is 0 Å². The lowest BCUT2D eigenvalue weighted by Gasteiger charge is -2.26. The Labute approximate surface area is 131 Å². The van der Waals surface area contributed by atoms with E-state index in [0.29, 0.717) is 6.42 Å². The molecule has 1 saturated carbocycles. The molecule has 0 saturated heterocycles. The molecule has 0 radical (unpaired) electrons. The maximum absolute atomic E-state index is 11.1. The summed E-state index contributed by atoms with van der Waals surface area (Å²) in [5, 5.41) is 3.78. The van der Waals surface area contributed by atoms with E-state index >= 15 is 0 Å². The van der Waals surface area contributed by atoms with Crippen molar-refractivity contribution in [3.8, 4) is 0 Å². The quantitative estimate of drug-likeness (QED) is 0.824. The van der Waals surface area contributed by atoms with Crippen LogP contribution < -0.4 is 11.1 Å². The third-order valence-corrected chi connectivity index (χ3v) is 4.42. The summed E-state index contributed by atoms with van der Waals surface area (Å²) < 4.78 is 0. The van der Waals surface area contributed by atoms with E-state index in [1.54, 1.807) is 0 Å². The van der Waals surface area contributed by atoms with Crippen molar-refractivity contribution in [2.45, 2.75) is 37.3 Å². The molecule has 1 aliphatic rings. The molecule has 2 aromatic rings. The summed E-state index contributed by atoms with van der Waals surface area (Å²) in [6, 6.07) is 21.1. The summed E-state index contributed by atoms with van der Waals surface area (Å²) in [6.45, 7) is 0. The highest BCUT2D eigenvalue weighted by Gasteiger charge is 2.43. The highest BCUT2D eigenvalue weighted by molar-refractivity contribution is 5.73. The minimum atomic E-state index is -0.218. The second-order valence-corrected chi connectivity index (χ2v) is 6.15. The average Bonchev–Trinajstić information content (AvgIpc) is 3.33. The van der Waals surface area contributed by atoms with Crippen molar-refractivity contribution < 1.29 is 4.79 Å². The van der Waals surface area contributed by atoms with Crippen molar-refractivity contribution in [2.75, 3.05) is 0 Å². The normalized spacial score (nSPS) is 15.7. The fourth-order valence-corrected chi connectivity index (χ4v) is 2.94. The molecule has 1 aliphatic carbocycles. The molecule has 3 heteroatoms. The Kier molecular flexibility index (Phi) is 4.25. The number of nitrogens with one attached hydrogen (secondary N) is 1. The number of hydrogen-bond donors (Lipinski definition) is 2. The Morgan fingerprint density at radius 1 is 1.00 bits per heavy atom. The van der Waals surface area contributed by atoms with Gasteiger partial charge in [0.1, 0.15) is 0 Å². The van der Waals surface area contributed by atoms with Gasteiger partial charge in [-0.15, -0.1) is 0 Å². The molecule has 0 aromatic heterocycles. The van der Waals surface area contributed by atoms with Gasteiger partial charge in [-0.2, -0.15) is 0 Å². The first-order valence-electron chi connectivity index (χ1n) is 7.84. The minimum Gasteiger partial charge on any atom is -0.370 e. The van der Waals surface area contributed by atoms with Crippen molar-refractivity contribution in [1.82, 2.24) is 5.32 Å². The van der Waals surface area contributed by atoms with Crippen LogP contribution in [0.1, 0.15) is 42.9 Å². The summed E-state index contributed by atoms with van der Waals surface area (Å²) in [6.07, 6.45) is 3.48. The topological polar surface area (TPSA) is 55.1 Å². The molecule has 0 aliphatic heterocycles. The Bertz CT molecular complexity index is 581. The Balaban J connectivity index is 1.82. The molecule has 3 nitrogen and oxygen atoms in total. The van der Waals surface area contributed by atoms with Gasteiger partial charge in [-0.05, 0) is 30.4 Å². The predicted octanol–water partition coefficient (Wildman–Crippen LogP) is 3.16. The fraction of sp³-hybridized carbons (Fsp3) is 0.316. The number of hydrogen-bond acceptors (Lipinski definition) is 2. The fourth-order valence-electron chi connectivity index (χ4n) is 2.94. The van der Waals surface area contributed by atoms with Crippen molar-refractivity contribution in [3.63, 3.8) is 0 Å². The van der Waals surface area contributed by atoms with Crippen molar-refractivity contribution in [3.05, 3.63) is 71.8 Å². The first-order valence-corrected chi connectivity index (χ1v) is 7.84. The first-order chi connectivity index (χ1) is 10.7. The van der Waals surface area contributed by atoms with Gasteiger partial charge < -0.3 is 11.1 Å². The van der Waals surface area contributed by atoms with Crippen molar-refractivity contribution in [1.29, 1.82) is 0 Å². The Morgan fingerprint density at radius 2 is 1.50 bits per heavy atom. The molecule has 0 bridgehead atoms.